The maximum absolute atomic E-state index is 12.3. The third-order valence-corrected chi connectivity index (χ3v) is 5.44. The van der Waals surface area contributed by atoms with E-state index in [1.165, 1.54) is 11.3 Å². The predicted octanol–water partition coefficient (Wildman–Crippen LogP) is 3.27. The minimum atomic E-state index is 0.0515. The van der Waals surface area contributed by atoms with Gasteiger partial charge in [0.2, 0.25) is 5.91 Å². The van der Waals surface area contributed by atoms with E-state index in [0.717, 1.165) is 56.6 Å². The molecule has 3 rings (SSSR count). The van der Waals surface area contributed by atoms with Crippen molar-refractivity contribution >= 4 is 22.4 Å². The van der Waals surface area contributed by atoms with Crippen LogP contribution in [0.4, 0.5) is 5.13 Å². The van der Waals surface area contributed by atoms with E-state index in [0.29, 0.717) is 23.4 Å². The van der Waals surface area contributed by atoms with Crippen LogP contribution < -0.4 is 10.6 Å². The zero-order valence-corrected chi connectivity index (χ0v) is 15.5. The van der Waals surface area contributed by atoms with E-state index in [2.05, 4.69) is 33.8 Å². The molecule has 0 spiro atoms. The summed E-state index contributed by atoms with van der Waals surface area (Å²) in [6, 6.07) is 2.08. The quantitative estimate of drug-likeness (QED) is 0.753. The van der Waals surface area contributed by atoms with Gasteiger partial charge in [-0.2, -0.15) is 0 Å². The van der Waals surface area contributed by atoms with E-state index in [-0.39, 0.29) is 5.91 Å². The number of nitrogens with zero attached hydrogens (tertiary/aromatic N) is 2. The lowest BCUT2D eigenvalue weighted by Gasteiger charge is -2.31. The standard InChI is InChI=1S/C18H26N4O2S/c1-2-3-4-16-11-15(22-24-16)9-14-12-19-6-5-13(14)10-17(23)21-18-20-7-8-25-18/h7-8,11,13-14,19H,2-6,9-10,12H2,1H3,(H,20,21,23)/t13-,14+/m0/s1. The number of carbonyl (C=O) groups is 1. The van der Waals surface area contributed by atoms with Crippen LogP contribution in [0, 0.1) is 11.8 Å². The van der Waals surface area contributed by atoms with Gasteiger partial charge in [-0.05, 0) is 44.2 Å². The molecule has 1 fully saturated rings. The molecule has 0 bridgehead atoms. The molecule has 0 saturated carbocycles. The lowest BCUT2D eigenvalue weighted by Crippen LogP contribution is -2.39. The highest BCUT2D eigenvalue weighted by Gasteiger charge is 2.28. The summed E-state index contributed by atoms with van der Waals surface area (Å²) in [6.07, 6.45) is 7.33. The van der Waals surface area contributed by atoms with Crippen molar-refractivity contribution < 1.29 is 9.32 Å². The van der Waals surface area contributed by atoms with Gasteiger partial charge in [-0.3, -0.25) is 4.79 Å². The molecule has 2 N–H and O–H groups in total. The molecule has 0 aliphatic carbocycles. The summed E-state index contributed by atoms with van der Waals surface area (Å²) in [5.74, 6) is 1.78. The van der Waals surface area contributed by atoms with Crippen LogP contribution in [0.1, 0.15) is 44.1 Å². The Balaban J connectivity index is 1.55. The molecule has 6 nitrogen and oxygen atoms in total. The molecule has 1 saturated heterocycles. The molecule has 2 aromatic rings. The Kier molecular flexibility index (Phi) is 6.58. The number of anilines is 1. The van der Waals surface area contributed by atoms with Crippen LogP contribution >= 0.6 is 11.3 Å². The molecular formula is C18H26N4O2S. The van der Waals surface area contributed by atoms with E-state index < -0.39 is 0 Å². The van der Waals surface area contributed by atoms with Gasteiger partial charge < -0.3 is 15.2 Å². The molecule has 1 amide bonds. The number of nitrogens with one attached hydrogen (secondary N) is 2. The fraction of sp³-hybridized carbons (Fsp3) is 0.611. The van der Waals surface area contributed by atoms with Gasteiger partial charge in [-0.15, -0.1) is 11.3 Å². The molecule has 0 unspecified atom stereocenters. The van der Waals surface area contributed by atoms with Crippen molar-refractivity contribution in [1.29, 1.82) is 0 Å². The van der Waals surface area contributed by atoms with Crippen LogP contribution in [0.15, 0.2) is 22.2 Å². The highest BCUT2D eigenvalue weighted by atomic mass is 32.1. The van der Waals surface area contributed by atoms with Crippen LogP contribution in [0.25, 0.3) is 0 Å². The van der Waals surface area contributed by atoms with E-state index in [9.17, 15) is 4.79 Å². The van der Waals surface area contributed by atoms with E-state index in [1.54, 1.807) is 6.20 Å². The number of unbranched alkanes of at least 4 members (excludes halogenated alkanes) is 1. The van der Waals surface area contributed by atoms with E-state index in [1.807, 2.05) is 5.38 Å². The summed E-state index contributed by atoms with van der Waals surface area (Å²) < 4.78 is 5.44. The van der Waals surface area contributed by atoms with Gasteiger partial charge in [-0.25, -0.2) is 4.98 Å². The van der Waals surface area contributed by atoms with Crippen LogP contribution in [0.3, 0.4) is 0 Å². The first kappa shape index (κ1) is 18.1. The molecule has 7 heteroatoms. The van der Waals surface area contributed by atoms with Crippen molar-refractivity contribution in [1.82, 2.24) is 15.5 Å². The maximum Gasteiger partial charge on any atom is 0.226 e. The summed E-state index contributed by atoms with van der Waals surface area (Å²) in [6.45, 7) is 4.06. The second-order valence-corrected chi connectivity index (χ2v) is 7.59. The van der Waals surface area contributed by atoms with Gasteiger partial charge in [0.25, 0.3) is 0 Å². The number of aromatic nitrogens is 2. The zero-order valence-electron chi connectivity index (χ0n) is 14.7. The normalized spacial score (nSPS) is 20.5. The Morgan fingerprint density at radius 1 is 1.48 bits per heavy atom. The average Bonchev–Trinajstić information content (AvgIpc) is 3.27. The third-order valence-electron chi connectivity index (χ3n) is 4.75. The fourth-order valence-corrected chi connectivity index (χ4v) is 3.91. The number of hydrogen-bond acceptors (Lipinski definition) is 6. The minimum Gasteiger partial charge on any atom is -0.361 e. The van der Waals surface area contributed by atoms with E-state index in [4.69, 9.17) is 4.52 Å². The van der Waals surface area contributed by atoms with Crippen LogP contribution in [0.2, 0.25) is 0 Å². The van der Waals surface area contributed by atoms with Gasteiger partial charge in [0.05, 0.1) is 5.69 Å². The van der Waals surface area contributed by atoms with Crippen molar-refractivity contribution in [2.45, 2.75) is 45.4 Å². The average molecular weight is 362 g/mol. The summed E-state index contributed by atoms with van der Waals surface area (Å²) in [5, 5.41) is 13.1. The number of thiazole rings is 1. The fourth-order valence-electron chi connectivity index (χ4n) is 3.37. The van der Waals surface area contributed by atoms with Gasteiger partial charge >= 0.3 is 0 Å². The Bertz CT molecular complexity index is 656. The van der Waals surface area contributed by atoms with Crippen molar-refractivity contribution in [2.75, 3.05) is 18.4 Å². The number of carbonyl (C=O) groups excluding carboxylic acids is 1. The van der Waals surface area contributed by atoms with Crippen molar-refractivity contribution in [2.24, 2.45) is 11.8 Å². The topological polar surface area (TPSA) is 80.0 Å². The molecule has 1 aliphatic rings. The largest absolute Gasteiger partial charge is 0.361 e. The van der Waals surface area contributed by atoms with Gasteiger partial charge in [0, 0.05) is 30.5 Å². The first-order valence-corrected chi connectivity index (χ1v) is 9.97. The Morgan fingerprint density at radius 3 is 3.20 bits per heavy atom. The molecule has 3 heterocycles. The van der Waals surface area contributed by atoms with Crippen LogP contribution in [0.5, 0.6) is 0 Å². The Labute approximate surface area is 152 Å². The second kappa shape index (κ2) is 9.10. The van der Waals surface area contributed by atoms with Gasteiger partial charge in [0.15, 0.2) is 5.13 Å². The lowest BCUT2D eigenvalue weighted by molar-refractivity contribution is -0.117. The summed E-state index contributed by atoms with van der Waals surface area (Å²) in [7, 11) is 0. The summed E-state index contributed by atoms with van der Waals surface area (Å²) in [5.41, 5.74) is 1.00. The lowest BCUT2D eigenvalue weighted by atomic mass is 9.81. The Hall–Kier alpha value is -1.73. The SMILES string of the molecule is CCCCc1cc(C[C@@H]2CNCC[C@H]2CC(=O)Nc2nccs2)no1. The van der Waals surface area contributed by atoms with Gasteiger partial charge in [-0.1, -0.05) is 18.5 Å². The predicted molar refractivity (Wildman–Crippen MR) is 98.6 cm³/mol. The molecule has 0 aromatic carbocycles. The van der Waals surface area contributed by atoms with Gasteiger partial charge in [0.1, 0.15) is 5.76 Å². The molecule has 136 valence electrons. The van der Waals surface area contributed by atoms with Crippen molar-refractivity contribution in [3.05, 3.63) is 29.1 Å². The number of amides is 1. The van der Waals surface area contributed by atoms with Crippen molar-refractivity contribution in [3.8, 4) is 0 Å². The summed E-state index contributed by atoms with van der Waals surface area (Å²) in [4.78, 5) is 16.4. The molecule has 1 aliphatic heterocycles. The minimum absolute atomic E-state index is 0.0515. The van der Waals surface area contributed by atoms with Crippen LogP contribution in [-0.2, 0) is 17.6 Å². The van der Waals surface area contributed by atoms with Crippen LogP contribution in [-0.4, -0.2) is 29.1 Å². The second-order valence-electron chi connectivity index (χ2n) is 6.69. The molecule has 2 atom stereocenters. The zero-order chi connectivity index (χ0) is 17.5. The number of hydrogen-bond donors (Lipinski definition) is 2. The first-order valence-electron chi connectivity index (χ1n) is 9.09. The highest BCUT2D eigenvalue weighted by molar-refractivity contribution is 7.13. The Morgan fingerprint density at radius 2 is 2.40 bits per heavy atom. The molecule has 2 aromatic heterocycles. The molecule has 25 heavy (non-hydrogen) atoms. The first-order chi connectivity index (χ1) is 12.2. The summed E-state index contributed by atoms with van der Waals surface area (Å²) >= 11 is 1.45. The van der Waals surface area contributed by atoms with E-state index >= 15 is 0 Å². The monoisotopic (exact) mass is 362 g/mol. The molecule has 0 radical (unpaired) electrons. The number of rotatable bonds is 8. The smallest absolute Gasteiger partial charge is 0.226 e. The highest BCUT2D eigenvalue weighted by Crippen LogP contribution is 2.27. The molecular weight excluding hydrogens is 336 g/mol. The third kappa shape index (κ3) is 5.37. The number of aryl methyl sites for hydroxylation is 1. The number of piperidine rings is 1. The van der Waals surface area contributed by atoms with Crippen molar-refractivity contribution in [3.63, 3.8) is 0 Å². The maximum atomic E-state index is 12.3.